The molecule has 0 unspecified atom stereocenters. The van der Waals surface area contributed by atoms with Crippen molar-refractivity contribution in [3.8, 4) is 22.6 Å². The molecule has 3 N–H and O–H groups in total. The molecule has 0 bridgehead atoms. The van der Waals surface area contributed by atoms with Crippen molar-refractivity contribution < 1.29 is 19.1 Å². The molecule has 2 aliphatic rings. The zero-order chi connectivity index (χ0) is 38.4. The average molecular weight is 744 g/mol. The smallest absolute Gasteiger partial charge is 0.255 e. The minimum atomic E-state index is -0.206. The van der Waals surface area contributed by atoms with E-state index in [2.05, 4.69) is 43.0 Å². The first-order chi connectivity index (χ1) is 27.3. The quantitative estimate of drug-likeness (QED) is 0.147. The number of benzene rings is 5. The molecular formula is C44H37N7O5. The summed E-state index contributed by atoms with van der Waals surface area (Å²) < 4.78 is 12.6. The fourth-order valence-electron chi connectivity index (χ4n) is 6.53. The Morgan fingerprint density at radius 3 is 1.89 bits per heavy atom. The van der Waals surface area contributed by atoms with Crippen LogP contribution in [0.5, 0.6) is 0 Å². The van der Waals surface area contributed by atoms with Crippen LogP contribution >= 0.6 is 0 Å². The van der Waals surface area contributed by atoms with E-state index in [1.807, 2.05) is 95.8 Å². The van der Waals surface area contributed by atoms with Crippen LogP contribution in [0.15, 0.2) is 132 Å². The number of carbonyl (C=O) groups excluding carboxylic acids is 2. The number of amides is 2. The molecule has 2 amide bonds. The molecule has 0 radical (unpaired) electrons. The van der Waals surface area contributed by atoms with Gasteiger partial charge in [-0.05, 0) is 83.3 Å². The number of carbonyl (C=O) groups is 2. The van der Waals surface area contributed by atoms with E-state index in [0.29, 0.717) is 67.0 Å². The number of aryl methyl sites for hydroxylation is 1. The van der Waals surface area contributed by atoms with Crippen LogP contribution in [-0.4, -0.2) is 36.8 Å². The highest BCUT2D eigenvalue weighted by molar-refractivity contribution is 6.05. The zero-order valence-electron chi connectivity index (χ0n) is 30.5. The number of rotatable bonds is 8. The maximum Gasteiger partial charge on any atom is 0.255 e. The summed E-state index contributed by atoms with van der Waals surface area (Å²) in [5.41, 5.74) is 10.9. The second-order valence-electron chi connectivity index (χ2n) is 13.5. The molecule has 0 atom stereocenters. The number of anilines is 2. The van der Waals surface area contributed by atoms with Gasteiger partial charge in [0.15, 0.2) is 0 Å². The second kappa shape index (κ2) is 16.1. The maximum atomic E-state index is 12.7. The van der Waals surface area contributed by atoms with E-state index < -0.39 is 0 Å². The number of nitrogens with zero attached hydrogens (tertiary/aromatic N) is 4. The third kappa shape index (κ3) is 8.52. The maximum absolute atomic E-state index is 12.7. The Kier molecular flexibility index (Phi) is 10.4. The van der Waals surface area contributed by atoms with E-state index in [-0.39, 0.29) is 17.4 Å². The van der Waals surface area contributed by atoms with Gasteiger partial charge >= 0.3 is 0 Å². The first-order valence-corrected chi connectivity index (χ1v) is 18.1. The lowest BCUT2D eigenvalue weighted by molar-refractivity contribution is 0.101. The monoisotopic (exact) mass is 743 g/mol. The number of aromatic nitrogens is 5. The summed E-state index contributed by atoms with van der Waals surface area (Å²) in [6.45, 7) is 4.74. The Morgan fingerprint density at radius 2 is 1.27 bits per heavy atom. The van der Waals surface area contributed by atoms with E-state index in [1.54, 1.807) is 25.1 Å². The van der Waals surface area contributed by atoms with Gasteiger partial charge in [-0.1, -0.05) is 71.9 Å². The largest absolute Gasteiger partial charge is 0.372 e. The van der Waals surface area contributed by atoms with Crippen molar-refractivity contribution in [1.82, 2.24) is 25.0 Å². The molecule has 4 heterocycles. The lowest BCUT2D eigenvalue weighted by Crippen LogP contribution is -2.12. The zero-order valence-corrected chi connectivity index (χ0v) is 30.5. The molecule has 12 nitrogen and oxygen atoms in total. The van der Waals surface area contributed by atoms with Crippen molar-refractivity contribution in [2.24, 2.45) is 0 Å². The van der Waals surface area contributed by atoms with Crippen molar-refractivity contribution in [2.45, 2.75) is 39.9 Å². The number of hydrogen-bond acceptors (Lipinski definition) is 8. The van der Waals surface area contributed by atoms with Crippen LogP contribution in [0, 0.1) is 6.92 Å². The number of fused-ring (bicyclic) bond motifs is 2. The molecule has 56 heavy (non-hydrogen) atoms. The second-order valence-corrected chi connectivity index (χ2v) is 13.5. The van der Waals surface area contributed by atoms with Crippen molar-refractivity contribution >= 4 is 23.2 Å². The van der Waals surface area contributed by atoms with Gasteiger partial charge < -0.3 is 25.1 Å². The molecule has 0 fully saturated rings. The normalized spacial score (nSPS) is 12.6. The van der Waals surface area contributed by atoms with Gasteiger partial charge in [0.05, 0.1) is 39.2 Å². The number of ether oxygens (including phenoxy) is 2. The SMILES string of the molecule is Cc1cc(=O)[nH]c(-c2cccc(NC(=O)c3ccc4c(c3)COC4)c2)n1.O=C(Nc1cccc(-c2cn(Cc3ccccc3)nn2)c1)c1ccc2c(c1)COC2. The summed E-state index contributed by atoms with van der Waals surface area (Å²) >= 11 is 0. The summed E-state index contributed by atoms with van der Waals surface area (Å²) in [5.74, 6) is 0.137. The molecule has 9 rings (SSSR count). The molecule has 5 aromatic carbocycles. The highest BCUT2D eigenvalue weighted by atomic mass is 16.5. The van der Waals surface area contributed by atoms with Gasteiger partial charge in [-0.25, -0.2) is 9.67 Å². The molecule has 0 spiro atoms. The van der Waals surface area contributed by atoms with Crippen LogP contribution in [0.4, 0.5) is 11.4 Å². The average Bonchev–Trinajstić information content (AvgIpc) is 4.00. The fourth-order valence-corrected chi connectivity index (χ4v) is 6.53. The molecule has 2 aliphatic heterocycles. The van der Waals surface area contributed by atoms with E-state index in [1.165, 1.54) is 6.07 Å². The standard InChI is InChI=1S/C24H20N4O2.C20H17N3O3/c29-24(19-9-10-20-15-30-16-21(20)11-19)25-22-8-4-7-18(12-22)23-14-28(27-26-23)13-17-5-2-1-3-6-17;1-12-7-18(24)23-19(21-12)13-3-2-4-17(9-13)22-20(25)14-5-6-15-10-26-11-16(15)8-14/h1-12,14H,13,15-16H2,(H,25,29);2-9H,10-11H2,1H3,(H,22,25)(H,21,23,24). The topological polar surface area (TPSA) is 153 Å². The first kappa shape index (κ1) is 36.0. The molecule has 2 aromatic heterocycles. The number of nitrogens with one attached hydrogen (secondary N) is 3. The summed E-state index contributed by atoms with van der Waals surface area (Å²) in [7, 11) is 0. The van der Waals surface area contributed by atoms with Crippen molar-refractivity contribution in [1.29, 1.82) is 0 Å². The van der Waals surface area contributed by atoms with Gasteiger partial charge in [0.1, 0.15) is 11.5 Å². The lowest BCUT2D eigenvalue weighted by atomic mass is 10.1. The van der Waals surface area contributed by atoms with Crippen LogP contribution in [0.1, 0.15) is 54.2 Å². The van der Waals surface area contributed by atoms with Gasteiger partial charge in [0, 0.05) is 45.4 Å². The van der Waals surface area contributed by atoms with Crippen LogP contribution in [0.25, 0.3) is 22.6 Å². The van der Waals surface area contributed by atoms with Gasteiger partial charge in [-0.15, -0.1) is 5.10 Å². The molecule has 0 saturated carbocycles. The van der Waals surface area contributed by atoms with Crippen molar-refractivity contribution in [3.05, 3.63) is 183 Å². The van der Waals surface area contributed by atoms with Gasteiger partial charge in [0.25, 0.3) is 17.4 Å². The predicted octanol–water partition coefficient (Wildman–Crippen LogP) is 7.30. The Hall–Kier alpha value is -7.02. The fraction of sp³-hybridized carbons (Fsp3) is 0.136. The van der Waals surface area contributed by atoms with Crippen LogP contribution < -0.4 is 16.2 Å². The third-order valence-electron chi connectivity index (χ3n) is 9.37. The Labute approximate surface area is 322 Å². The minimum absolute atomic E-state index is 0.144. The Balaban J connectivity index is 0.000000159. The van der Waals surface area contributed by atoms with Crippen LogP contribution in [-0.2, 0) is 42.4 Å². The predicted molar refractivity (Wildman–Crippen MR) is 212 cm³/mol. The highest BCUT2D eigenvalue weighted by Crippen LogP contribution is 2.25. The van der Waals surface area contributed by atoms with Gasteiger partial charge in [-0.2, -0.15) is 0 Å². The molecule has 7 aromatic rings. The first-order valence-electron chi connectivity index (χ1n) is 18.1. The van der Waals surface area contributed by atoms with Gasteiger partial charge in [0.2, 0.25) is 0 Å². The summed E-state index contributed by atoms with van der Waals surface area (Å²) in [5, 5.41) is 14.4. The minimum Gasteiger partial charge on any atom is -0.372 e. The molecule has 12 heteroatoms. The summed E-state index contributed by atoms with van der Waals surface area (Å²) in [6.07, 6.45) is 1.91. The number of hydrogen-bond donors (Lipinski definition) is 3. The molecule has 0 saturated heterocycles. The van der Waals surface area contributed by atoms with E-state index in [9.17, 15) is 14.4 Å². The molecular weight excluding hydrogens is 707 g/mol. The van der Waals surface area contributed by atoms with Crippen LogP contribution in [0.2, 0.25) is 0 Å². The van der Waals surface area contributed by atoms with Gasteiger partial charge in [-0.3, -0.25) is 14.4 Å². The lowest BCUT2D eigenvalue weighted by Gasteiger charge is -2.08. The van der Waals surface area contributed by atoms with Crippen LogP contribution in [0.3, 0.4) is 0 Å². The molecule has 278 valence electrons. The summed E-state index contributed by atoms with van der Waals surface area (Å²) in [4.78, 5) is 43.9. The molecule has 0 aliphatic carbocycles. The van der Waals surface area contributed by atoms with Crippen molar-refractivity contribution in [2.75, 3.05) is 10.6 Å². The Morgan fingerprint density at radius 1 is 0.679 bits per heavy atom. The van der Waals surface area contributed by atoms with E-state index in [0.717, 1.165) is 44.6 Å². The van der Waals surface area contributed by atoms with E-state index >= 15 is 0 Å². The van der Waals surface area contributed by atoms with E-state index in [4.69, 9.17) is 9.47 Å². The Bertz CT molecular complexity index is 2620. The summed E-state index contributed by atoms with van der Waals surface area (Å²) in [6, 6.07) is 37.7. The highest BCUT2D eigenvalue weighted by Gasteiger charge is 2.16. The third-order valence-corrected chi connectivity index (χ3v) is 9.37. The number of H-pyrrole nitrogens is 1. The number of aromatic amines is 1. The van der Waals surface area contributed by atoms with Crippen molar-refractivity contribution in [3.63, 3.8) is 0 Å².